The first-order valence-corrected chi connectivity index (χ1v) is 7.88. The van der Waals surface area contributed by atoms with E-state index >= 15 is 0 Å². The molecule has 3 aromatic rings. The maximum absolute atomic E-state index is 12.0. The van der Waals surface area contributed by atoms with Crippen molar-refractivity contribution in [2.24, 2.45) is 0 Å². The Hall–Kier alpha value is -1.82. The van der Waals surface area contributed by atoms with Crippen molar-refractivity contribution in [2.45, 2.75) is 6.61 Å². The van der Waals surface area contributed by atoms with Crippen molar-refractivity contribution in [3.8, 4) is 10.8 Å². The number of thiophene rings is 1. The highest BCUT2D eigenvalue weighted by Gasteiger charge is 2.17. The molecule has 0 spiro atoms. The van der Waals surface area contributed by atoms with Crippen LogP contribution in [-0.4, -0.2) is 11.0 Å². The van der Waals surface area contributed by atoms with Crippen LogP contribution in [0.15, 0.2) is 46.4 Å². The topological polar surface area (TPSA) is 52.3 Å². The Morgan fingerprint density at radius 1 is 1.23 bits per heavy atom. The fourth-order valence-corrected chi connectivity index (χ4v) is 3.00. The van der Waals surface area contributed by atoms with Gasteiger partial charge >= 0.3 is 5.97 Å². The molecule has 0 saturated heterocycles. The maximum atomic E-state index is 12.0. The highest BCUT2D eigenvalue weighted by molar-refractivity contribution is 7.13. The largest absolute Gasteiger partial charge is 0.455 e. The Labute approximate surface area is 140 Å². The van der Waals surface area contributed by atoms with E-state index in [1.165, 1.54) is 17.6 Å². The predicted octanol–water partition coefficient (Wildman–Crippen LogP) is 5.07. The smallest absolute Gasteiger partial charge is 0.341 e. The molecule has 2 heterocycles. The number of hydrogen-bond acceptors (Lipinski definition) is 5. The number of halogens is 2. The third kappa shape index (κ3) is 3.16. The van der Waals surface area contributed by atoms with Crippen molar-refractivity contribution in [1.82, 2.24) is 4.98 Å². The molecule has 22 heavy (non-hydrogen) atoms. The van der Waals surface area contributed by atoms with Crippen molar-refractivity contribution >= 4 is 40.5 Å². The number of esters is 1. The lowest BCUT2D eigenvalue weighted by molar-refractivity contribution is 0.0468. The van der Waals surface area contributed by atoms with Crippen LogP contribution in [0, 0.1) is 0 Å². The molecule has 0 atom stereocenters. The van der Waals surface area contributed by atoms with Gasteiger partial charge in [-0.3, -0.25) is 0 Å². The first kappa shape index (κ1) is 15.1. The molecular weight excluding hydrogens is 345 g/mol. The van der Waals surface area contributed by atoms with Gasteiger partial charge in [0.25, 0.3) is 0 Å². The quantitative estimate of drug-likeness (QED) is 0.614. The lowest BCUT2D eigenvalue weighted by Gasteiger charge is -2.06. The molecule has 0 unspecified atom stereocenters. The Bertz CT molecular complexity index is 779. The molecule has 7 heteroatoms. The van der Waals surface area contributed by atoms with Crippen molar-refractivity contribution in [2.75, 3.05) is 0 Å². The fraction of sp³-hybridized carbons (Fsp3) is 0.0667. The van der Waals surface area contributed by atoms with Crippen molar-refractivity contribution in [3.05, 3.63) is 63.3 Å². The summed E-state index contributed by atoms with van der Waals surface area (Å²) < 4.78 is 10.5. The number of aromatic nitrogens is 1. The monoisotopic (exact) mass is 353 g/mol. The number of nitrogens with zero attached hydrogens (tertiary/aromatic N) is 1. The van der Waals surface area contributed by atoms with Crippen molar-refractivity contribution in [1.29, 1.82) is 0 Å². The van der Waals surface area contributed by atoms with Crippen LogP contribution in [0.25, 0.3) is 10.8 Å². The molecule has 2 aromatic heterocycles. The van der Waals surface area contributed by atoms with Gasteiger partial charge in [-0.2, -0.15) is 0 Å². The van der Waals surface area contributed by atoms with Gasteiger partial charge in [-0.05, 0) is 23.6 Å². The number of rotatable bonds is 4. The molecule has 0 bridgehead atoms. The van der Waals surface area contributed by atoms with Gasteiger partial charge in [-0.15, -0.1) is 11.3 Å². The number of oxazole rings is 1. The number of benzene rings is 1. The SMILES string of the molecule is O=C(OCc1coc(-c2cccs2)n1)c1c(Cl)cccc1Cl. The molecule has 0 radical (unpaired) electrons. The second kappa shape index (κ2) is 6.52. The van der Waals surface area contributed by atoms with Gasteiger partial charge in [0.2, 0.25) is 5.89 Å². The minimum absolute atomic E-state index is 0.0186. The van der Waals surface area contributed by atoms with Gasteiger partial charge in [-0.1, -0.05) is 35.3 Å². The molecule has 0 saturated carbocycles. The molecule has 0 fully saturated rings. The van der Waals surface area contributed by atoms with Crippen LogP contribution < -0.4 is 0 Å². The Morgan fingerprint density at radius 3 is 2.68 bits per heavy atom. The van der Waals surface area contributed by atoms with Gasteiger partial charge < -0.3 is 9.15 Å². The summed E-state index contributed by atoms with van der Waals surface area (Å²) in [6.07, 6.45) is 1.45. The summed E-state index contributed by atoms with van der Waals surface area (Å²) in [4.78, 5) is 17.2. The van der Waals surface area contributed by atoms with Gasteiger partial charge in [0.1, 0.15) is 18.6 Å². The highest BCUT2D eigenvalue weighted by Crippen LogP contribution is 2.26. The number of ether oxygens (including phenoxy) is 1. The Morgan fingerprint density at radius 2 is 2.00 bits per heavy atom. The molecule has 1 aromatic carbocycles. The highest BCUT2D eigenvalue weighted by atomic mass is 35.5. The van der Waals surface area contributed by atoms with Crippen molar-refractivity contribution in [3.63, 3.8) is 0 Å². The second-order valence-corrected chi connectivity index (χ2v) is 6.06. The molecule has 0 aliphatic rings. The van der Waals surface area contributed by atoms with Crippen LogP contribution in [-0.2, 0) is 11.3 Å². The standard InChI is InChI=1S/C15H9Cl2NO3S/c16-10-3-1-4-11(17)13(10)15(19)21-8-9-7-20-14(18-9)12-5-2-6-22-12/h1-7H,8H2. The van der Waals surface area contributed by atoms with Gasteiger partial charge in [-0.25, -0.2) is 9.78 Å². The summed E-state index contributed by atoms with van der Waals surface area (Å²) >= 11 is 13.4. The van der Waals surface area contributed by atoms with Gasteiger partial charge in [0, 0.05) is 0 Å². The number of carbonyl (C=O) groups is 1. The third-order valence-electron chi connectivity index (χ3n) is 2.80. The summed E-state index contributed by atoms with van der Waals surface area (Å²) in [6, 6.07) is 8.62. The van der Waals surface area contributed by atoms with Crippen LogP contribution in [0.4, 0.5) is 0 Å². The van der Waals surface area contributed by atoms with Crippen LogP contribution in [0.2, 0.25) is 10.0 Å². The van der Waals surface area contributed by atoms with Gasteiger partial charge in [0.05, 0.1) is 20.5 Å². The summed E-state index contributed by atoms with van der Waals surface area (Å²) in [6.45, 7) is -0.0186. The maximum Gasteiger partial charge on any atom is 0.341 e. The van der Waals surface area contributed by atoms with Crippen LogP contribution >= 0.6 is 34.5 Å². The van der Waals surface area contributed by atoms with E-state index < -0.39 is 5.97 Å². The average molecular weight is 354 g/mol. The molecule has 0 aliphatic carbocycles. The third-order valence-corrected chi connectivity index (χ3v) is 4.29. The fourth-order valence-electron chi connectivity index (χ4n) is 1.79. The number of hydrogen-bond donors (Lipinski definition) is 0. The minimum Gasteiger partial charge on any atom is -0.455 e. The Kier molecular flexibility index (Phi) is 4.47. The van der Waals surface area contributed by atoms with E-state index in [1.54, 1.807) is 18.2 Å². The van der Waals surface area contributed by atoms with E-state index in [1.807, 2.05) is 17.5 Å². The van der Waals surface area contributed by atoms with E-state index in [9.17, 15) is 4.79 Å². The molecule has 0 amide bonds. The normalized spacial score (nSPS) is 10.6. The molecule has 0 N–H and O–H groups in total. The molecule has 3 rings (SSSR count). The predicted molar refractivity (Wildman–Crippen MR) is 85.4 cm³/mol. The van der Waals surface area contributed by atoms with E-state index in [0.29, 0.717) is 11.6 Å². The number of carbonyl (C=O) groups excluding carboxylic acids is 1. The minimum atomic E-state index is -0.601. The summed E-state index contributed by atoms with van der Waals surface area (Å²) in [5.41, 5.74) is 0.660. The molecule has 0 aliphatic heterocycles. The summed E-state index contributed by atoms with van der Waals surface area (Å²) in [5, 5.41) is 2.42. The zero-order valence-electron chi connectivity index (χ0n) is 11.1. The lowest BCUT2D eigenvalue weighted by atomic mass is 10.2. The first-order chi connectivity index (χ1) is 10.6. The lowest BCUT2D eigenvalue weighted by Crippen LogP contribution is -2.07. The van der Waals surface area contributed by atoms with Crippen LogP contribution in [0.5, 0.6) is 0 Å². The van der Waals surface area contributed by atoms with Gasteiger partial charge in [0.15, 0.2) is 0 Å². The summed E-state index contributed by atoms with van der Waals surface area (Å²) in [5.74, 6) is -0.104. The average Bonchev–Trinajstić information content (AvgIpc) is 3.16. The molecule has 4 nitrogen and oxygen atoms in total. The zero-order chi connectivity index (χ0) is 15.5. The molecule has 112 valence electrons. The van der Waals surface area contributed by atoms with E-state index in [4.69, 9.17) is 32.4 Å². The van der Waals surface area contributed by atoms with E-state index in [-0.39, 0.29) is 22.2 Å². The van der Waals surface area contributed by atoms with Crippen LogP contribution in [0.3, 0.4) is 0 Å². The molecular formula is C15H9Cl2NO3S. The van der Waals surface area contributed by atoms with E-state index in [0.717, 1.165) is 4.88 Å². The summed E-state index contributed by atoms with van der Waals surface area (Å²) in [7, 11) is 0. The van der Waals surface area contributed by atoms with Crippen molar-refractivity contribution < 1.29 is 13.9 Å². The second-order valence-electron chi connectivity index (χ2n) is 4.29. The van der Waals surface area contributed by atoms with E-state index in [2.05, 4.69) is 4.98 Å². The zero-order valence-corrected chi connectivity index (χ0v) is 13.4. The Balaban J connectivity index is 1.69. The first-order valence-electron chi connectivity index (χ1n) is 6.24. The van der Waals surface area contributed by atoms with Crippen LogP contribution in [0.1, 0.15) is 16.1 Å².